The second kappa shape index (κ2) is 28.2. The van der Waals surface area contributed by atoms with Crippen LogP contribution in [0, 0.1) is 0 Å². The molecule has 0 aromatic heterocycles. The highest BCUT2D eigenvalue weighted by Gasteiger charge is 2.54. The number of azide groups is 1. The van der Waals surface area contributed by atoms with E-state index in [1.54, 1.807) is 0 Å². The summed E-state index contributed by atoms with van der Waals surface area (Å²) >= 11 is 0. The van der Waals surface area contributed by atoms with Crippen molar-refractivity contribution in [3.63, 3.8) is 0 Å². The summed E-state index contributed by atoms with van der Waals surface area (Å²) in [5.74, 6) is 0. The molecule has 0 amide bonds. The number of hydrogen-bond acceptors (Lipinski definition) is 11. The molecule has 13 heteroatoms. The van der Waals surface area contributed by atoms with Gasteiger partial charge in [-0.1, -0.05) is 217 Å². The minimum atomic E-state index is -1.26. The molecule has 2 aliphatic heterocycles. The van der Waals surface area contributed by atoms with Gasteiger partial charge in [-0.05, 0) is 44.5 Å². The second-order valence-corrected chi connectivity index (χ2v) is 18.2. The van der Waals surface area contributed by atoms with Gasteiger partial charge in [-0.3, -0.25) is 0 Å². The molecular weight excluding hydrogens is 935 g/mol. The van der Waals surface area contributed by atoms with Gasteiger partial charge >= 0.3 is 0 Å². The van der Waals surface area contributed by atoms with E-state index in [0.717, 1.165) is 38.9 Å². The van der Waals surface area contributed by atoms with E-state index < -0.39 is 61.3 Å². The van der Waals surface area contributed by atoms with Gasteiger partial charge in [-0.2, -0.15) is 0 Å². The van der Waals surface area contributed by atoms with E-state index in [0.29, 0.717) is 13.2 Å². The van der Waals surface area contributed by atoms with E-state index in [1.807, 2.05) is 212 Å². The van der Waals surface area contributed by atoms with E-state index in [2.05, 4.69) is 10.0 Å². The molecule has 0 N–H and O–H groups in total. The molecule has 10 atom stereocenters. The van der Waals surface area contributed by atoms with Gasteiger partial charge < -0.3 is 47.4 Å². The maximum atomic E-state index is 10.5. The van der Waals surface area contributed by atoms with Crippen molar-refractivity contribution in [1.82, 2.24) is 0 Å². The Labute approximate surface area is 433 Å². The van der Waals surface area contributed by atoms with E-state index in [-0.39, 0.29) is 46.2 Å². The molecule has 74 heavy (non-hydrogen) atoms. The average molecular weight is 998 g/mol. The molecule has 0 saturated carbocycles. The lowest BCUT2D eigenvalue weighted by Gasteiger charge is -2.49. The van der Waals surface area contributed by atoms with Crippen molar-refractivity contribution in [2.24, 2.45) is 5.11 Å². The molecule has 0 unspecified atom stereocenters. The smallest absolute Gasteiger partial charge is 0.187 e. The highest BCUT2D eigenvalue weighted by atomic mass is 16.8. The van der Waals surface area contributed by atoms with E-state index >= 15 is 0 Å². The first kappa shape index (κ1) is 52.3. The van der Waals surface area contributed by atoms with Crippen LogP contribution < -0.4 is 0 Å². The van der Waals surface area contributed by atoms with Gasteiger partial charge in [-0.25, -0.2) is 0 Å². The van der Waals surface area contributed by atoms with Crippen molar-refractivity contribution < 1.29 is 47.4 Å². The van der Waals surface area contributed by atoms with E-state index in [9.17, 15) is 5.53 Å². The Morgan fingerprint density at radius 3 is 1.00 bits per heavy atom. The lowest BCUT2D eigenvalue weighted by Crippen LogP contribution is -2.66. The lowest BCUT2D eigenvalue weighted by atomic mass is 9.95. The zero-order valence-corrected chi connectivity index (χ0v) is 41.3. The molecule has 0 bridgehead atoms. The van der Waals surface area contributed by atoms with Crippen molar-refractivity contribution in [3.8, 4) is 0 Å². The zero-order chi connectivity index (χ0) is 50.4. The number of nitrogens with zero attached hydrogens (tertiary/aromatic N) is 3. The number of rotatable bonds is 26. The van der Waals surface area contributed by atoms with Crippen LogP contribution in [0.3, 0.4) is 0 Å². The van der Waals surface area contributed by atoms with Crippen molar-refractivity contribution in [2.75, 3.05) is 13.2 Å². The minimum Gasteiger partial charge on any atom is -0.374 e. The summed E-state index contributed by atoms with van der Waals surface area (Å²) in [6.07, 6.45) is -8.31. The third-order valence-electron chi connectivity index (χ3n) is 12.9. The largest absolute Gasteiger partial charge is 0.374 e. The van der Waals surface area contributed by atoms with Crippen LogP contribution in [0.1, 0.15) is 38.9 Å². The highest BCUT2D eigenvalue weighted by molar-refractivity contribution is 5.19. The Balaban J connectivity index is 1.11. The fourth-order valence-electron chi connectivity index (χ4n) is 9.10. The summed E-state index contributed by atoms with van der Waals surface area (Å²) in [6, 6.07) is 68.1. The normalized spacial score (nSPS) is 23.7. The van der Waals surface area contributed by atoms with Gasteiger partial charge in [0.1, 0.15) is 48.8 Å². The molecule has 2 aliphatic rings. The van der Waals surface area contributed by atoms with Crippen molar-refractivity contribution in [1.29, 1.82) is 0 Å². The Kier molecular flexibility index (Phi) is 19.9. The molecule has 2 heterocycles. The van der Waals surface area contributed by atoms with Crippen LogP contribution >= 0.6 is 0 Å². The van der Waals surface area contributed by atoms with Crippen LogP contribution in [0.4, 0.5) is 0 Å². The summed E-state index contributed by atoms with van der Waals surface area (Å²) in [5, 5.41) is 4.44. The Bertz CT molecular complexity index is 2690. The summed E-state index contributed by atoms with van der Waals surface area (Å²) in [6.45, 7) is 1.79. The average Bonchev–Trinajstić information content (AvgIpc) is 3.46. The summed E-state index contributed by atoms with van der Waals surface area (Å²) in [4.78, 5) is 3.41. The molecule has 2 saturated heterocycles. The highest BCUT2D eigenvalue weighted by Crippen LogP contribution is 2.37. The predicted octanol–water partition coefficient (Wildman–Crippen LogP) is 11.5. The summed E-state index contributed by atoms with van der Waals surface area (Å²) < 4.78 is 68.9. The topological polar surface area (TPSA) is 141 Å². The van der Waals surface area contributed by atoms with Crippen LogP contribution in [0.25, 0.3) is 10.4 Å². The fourth-order valence-corrected chi connectivity index (χ4v) is 9.10. The fraction of sp³-hybridized carbons (Fsp3) is 0.311. The van der Waals surface area contributed by atoms with Crippen molar-refractivity contribution in [3.05, 3.63) is 262 Å². The van der Waals surface area contributed by atoms with Gasteiger partial charge in [0.25, 0.3) is 0 Å². The lowest BCUT2D eigenvalue weighted by molar-refractivity contribution is -0.363. The zero-order valence-electron chi connectivity index (χ0n) is 41.3. The monoisotopic (exact) mass is 997 g/mol. The van der Waals surface area contributed by atoms with Crippen LogP contribution in [0.15, 0.2) is 217 Å². The van der Waals surface area contributed by atoms with Crippen LogP contribution in [0.5, 0.6) is 0 Å². The van der Waals surface area contributed by atoms with Gasteiger partial charge in [-0.15, -0.1) is 0 Å². The van der Waals surface area contributed by atoms with Gasteiger partial charge in [0, 0.05) is 4.91 Å². The first-order valence-corrected chi connectivity index (χ1v) is 25.2. The first-order chi connectivity index (χ1) is 36.7. The third kappa shape index (κ3) is 15.3. The van der Waals surface area contributed by atoms with E-state index in [4.69, 9.17) is 47.4 Å². The Morgan fingerprint density at radius 1 is 0.338 bits per heavy atom. The predicted molar refractivity (Wildman–Crippen MR) is 279 cm³/mol. The van der Waals surface area contributed by atoms with Crippen molar-refractivity contribution >= 4 is 0 Å². The molecule has 9 rings (SSSR count). The maximum absolute atomic E-state index is 10.5. The number of benzene rings is 7. The van der Waals surface area contributed by atoms with Crippen molar-refractivity contribution in [2.45, 2.75) is 108 Å². The summed E-state index contributed by atoms with van der Waals surface area (Å²) in [5.41, 5.74) is 17.1. The molecule has 7 aromatic carbocycles. The molecular formula is C61H63N3O10. The van der Waals surface area contributed by atoms with Crippen LogP contribution in [0.2, 0.25) is 0 Å². The number of hydrogen-bond donors (Lipinski definition) is 0. The molecule has 2 fully saturated rings. The molecule has 0 spiro atoms. The second-order valence-electron chi connectivity index (χ2n) is 18.2. The van der Waals surface area contributed by atoms with Crippen LogP contribution in [-0.4, -0.2) is 74.6 Å². The quantitative estimate of drug-likeness (QED) is 0.0292. The van der Waals surface area contributed by atoms with Gasteiger partial charge in [0.2, 0.25) is 0 Å². The molecule has 0 aliphatic carbocycles. The Morgan fingerprint density at radius 2 is 0.635 bits per heavy atom. The minimum absolute atomic E-state index is 0.0802. The van der Waals surface area contributed by atoms with Crippen LogP contribution in [-0.2, 0) is 93.6 Å². The number of ether oxygens (including phenoxy) is 10. The molecule has 13 nitrogen and oxygen atoms in total. The maximum Gasteiger partial charge on any atom is 0.187 e. The molecule has 7 aromatic rings. The Hall–Kier alpha value is -6.55. The standard InChI is InChI=1S/C61H63N3O10/c62-64-63-54-57(69-40-49-30-16-5-17-31-49)55(67-38-47-26-12-3-13-27-47)52(43-65-36-45-22-8-1-9-23-45)72-60(54)74-58-56(68-39-48-28-14-4-15-29-48)53(44-66-37-46-24-10-2-11-25-46)73-61(71-42-51-34-20-7-21-35-51)59(58)70-41-50-32-18-6-19-33-50/h1-35,52-61H,36-44H2/t52-,53-,54-,55+,56-,57-,58+,59-,60-,61-/m1/s1. The van der Waals surface area contributed by atoms with E-state index in [1.165, 1.54) is 0 Å². The molecule has 0 radical (unpaired) electrons. The SMILES string of the molecule is [N-]=[N+]=N[C@H]1[C@@H](O[C@@H]2[C@@H](OCc3ccccc3)[C@H](OCc3ccccc3)O[C@H](COCc3ccccc3)[C@H]2OCc2ccccc2)O[C@H](COCc2ccccc2)[C@H](OCc2ccccc2)[C@@H]1OCc1ccccc1. The van der Waals surface area contributed by atoms with Gasteiger partial charge in [0.15, 0.2) is 12.6 Å². The third-order valence-corrected chi connectivity index (χ3v) is 12.9. The first-order valence-electron chi connectivity index (χ1n) is 25.2. The summed E-state index contributed by atoms with van der Waals surface area (Å²) in [7, 11) is 0. The molecule has 382 valence electrons. The van der Waals surface area contributed by atoms with Gasteiger partial charge in [0.05, 0.1) is 59.5 Å².